The number of imidazole rings is 1. The Morgan fingerprint density at radius 1 is 1.32 bits per heavy atom. The second-order valence-corrected chi connectivity index (χ2v) is 5.67. The Hall–Kier alpha value is -3.22. The molecule has 25 heavy (non-hydrogen) atoms. The number of aromatic nitrogens is 3. The molecule has 0 bridgehead atoms. The van der Waals surface area contributed by atoms with Gasteiger partial charge in [-0.05, 0) is 30.3 Å². The smallest absolute Gasteiger partial charge is 0.338 e. The second kappa shape index (κ2) is 6.35. The summed E-state index contributed by atoms with van der Waals surface area (Å²) in [6, 6.07) is 7.60. The molecular weight excluding hydrogens is 325 g/mol. The van der Waals surface area contributed by atoms with E-state index in [1.165, 1.54) is 18.3 Å². The number of hydrogen-bond donors (Lipinski definition) is 0. The summed E-state index contributed by atoms with van der Waals surface area (Å²) in [6.07, 6.45) is 6.70. The Labute approximate surface area is 142 Å². The van der Waals surface area contributed by atoms with Crippen molar-refractivity contribution in [3.05, 3.63) is 72.2 Å². The molecule has 1 aromatic carbocycles. The molecule has 4 rings (SSSR count). The molecule has 3 heterocycles. The van der Waals surface area contributed by atoms with Gasteiger partial charge in [0, 0.05) is 30.6 Å². The first kappa shape index (κ1) is 15.3. The van der Waals surface area contributed by atoms with Crippen LogP contribution in [-0.4, -0.2) is 33.2 Å². The maximum atomic E-state index is 13.2. The van der Waals surface area contributed by atoms with Crippen molar-refractivity contribution >= 4 is 5.97 Å². The molecule has 0 spiro atoms. The summed E-state index contributed by atoms with van der Waals surface area (Å²) in [5, 5.41) is 0. The van der Waals surface area contributed by atoms with Gasteiger partial charge in [0.05, 0.1) is 5.56 Å². The quantitative estimate of drug-likeness (QED) is 0.684. The number of ether oxygens (including phenoxy) is 2. The molecule has 6 nitrogen and oxygen atoms in total. The van der Waals surface area contributed by atoms with Gasteiger partial charge in [-0.15, -0.1) is 0 Å². The zero-order chi connectivity index (χ0) is 17.2. The highest BCUT2D eigenvalue weighted by Crippen LogP contribution is 2.29. The van der Waals surface area contributed by atoms with Crippen molar-refractivity contribution in [3.8, 4) is 11.6 Å². The van der Waals surface area contributed by atoms with Crippen LogP contribution >= 0.6 is 0 Å². The van der Waals surface area contributed by atoms with Gasteiger partial charge in [0.25, 0.3) is 0 Å². The number of carbonyl (C=O) groups excluding carboxylic acids is 1. The highest BCUT2D eigenvalue weighted by molar-refractivity contribution is 5.89. The molecule has 0 fully saturated rings. The van der Waals surface area contributed by atoms with E-state index in [-0.39, 0.29) is 18.5 Å². The van der Waals surface area contributed by atoms with E-state index >= 15 is 0 Å². The Bertz CT molecular complexity index is 912. The standard InChI is InChI=1S/C18H14FN3O3/c19-14-1-2-16-13(7-14)8-15(25-16)10-24-18(23)12-3-4-21-17(9-12)22-6-5-20-11-22/h1-7,9,11,15H,8,10H2. The van der Waals surface area contributed by atoms with Gasteiger partial charge in [-0.3, -0.25) is 4.57 Å². The van der Waals surface area contributed by atoms with Crippen molar-refractivity contribution < 1.29 is 18.7 Å². The van der Waals surface area contributed by atoms with Crippen molar-refractivity contribution in [1.29, 1.82) is 0 Å². The molecule has 7 heteroatoms. The minimum absolute atomic E-state index is 0.0951. The predicted molar refractivity (Wildman–Crippen MR) is 86.2 cm³/mol. The number of pyridine rings is 1. The van der Waals surface area contributed by atoms with Gasteiger partial charge in [0.2, 0.25) is 0 Å². The molecule has 126 valence electrons. The van der Waals surface area contributed by atoms with Crippen molar-refractivity contribution in [2.45, 2.75) is 12.5 Å². The van der Waals surface area contributed by atoms with E-state index in [1.807, 2.05) is 0 Å². The van der Waals surface area contributed by atoms with Gasteiger partial charge in [0.15, 0.2) is 0 Å². The summed E-state index contributed by atoms with van der Waals surface area (Å²) in [4.78, 5) is 20.4. The molecule has 0 saturated carbocycles. The van der Waals surface area contributed by atoms with Gasteiger partial charge in [-0.2, -0.15) is 0 Å². The van der Waals surface area contributed by atoms with E-state index in [1.54, 1.807) is 41.5 Å². The maximum Gasteiger partial charge on any atom is 0.338 e. The highest BCUT2D eigenvalue weighted by Gasteiger charge is 2.25. The van der Waals surface area contributed by atoms with Gasteiger partial charge in [-0.1, -0.05) is 0 Å². The number of carbonyl (C=O) groups is 1. The average molecular weight is 339 g/mol. The van der Waals surface area contributed by atoms with E-state index < -0.39 is 5.97 Å². The lowest BCUT2D eigenvalue weighted by molar-refractivity contribution is 0.0346. The summed E-state index contributed by atoms with van der Waals surface area (Å²) in [5.41, 5.74) is 1.17. The van der Waals surface area contributed by atoms with Gasteiger partial charge < -0.3 is 9.47 Å². The Balaban J connectivity index is 1.39. The number of fused-ring (bicyclic) bond motifs is 1. The van der Waals surface area contributed by atoms with Crippen LogP contribution in [0.3, 0.4) is 0 Å². The van der Waals surface area contributed by atoms with Crippen molar-refractivity contribution in [3.63, 3.8) is 0 Å². The third-order valence-electron chi connectivity index (χ3n) is 3.91. The molecule has 0 aliphatic carbocycles. The number of halogens is 1. The summed E-state index contributed by atoms with van der Waals surface area (Å²) in [6.45, 7) is 0.0951. The van der Waals surface area contributed by atoms with E-state index in [0.29, 0.717) is 23.6 Å². The first-order valence-electron chi connectivity index (χ1n) is 7.75. The molecule has 0 radical (unpaired) electrons. The fraction of sp³-hybridized carbons (Fsp3) is 0.167. The summed E-state index contributed by atoms with van der Waals surface area (Å²) >= 11 is 0. The Morgan fingerprint density at radius 3 is 3.08 bits per heavy atom. The van der Waals surface area contributed by atoms with Crippen LogP contribution in [0.15, 0.2) is 55.2 Å². The summed E-state index contributed by atoms with van der Waals surface area (Å²) in [7, 11) is 0. The van der Waals surface area contributed by atoms with Crippen LogP contribution in [0.4, 0.5) is 4.39 Å². The van der Waals surface area contributed by atoms with Crippen LogP contribution < -0.4 is 4.74 Å². The molecule has 0 saturated heterocycles. The number of esters is 1. The van der Waals surface area contributed by atoms with Crippen LogP contribution in [0.1, 0.15) is 15.9 Å². The van der Waals surface area contributed by atoms with Crippen molar-refractivity contribution in [1.82, 2.24) is 14.5 Å². The van der Waals surface area contributed by atoms with Crippen LogP contribution in [0, 0.1) is 5.82 Å². The van der Waals surface area contributed by atoms with E-state index in [0.717, 1.165) is 5.56 Å². The molecule has 1 aliphatic rings. The zero-order valence-corrected chi connectivity index (χ0v) is 13.1. The van der Waals surface area contributed by atoms with Crippen molar-refractivity contribution in [2.24, 2.45) is 0 Å². The number of nitrogens with zero attached hydrogens (tertiary/aromatic N) is 3. The number of benzene rings is 1. The molecule has 1 aliphatic heterocycles. The van der Waals surface area contributed by atoms with Crippen LogP contribution in [0.2, 0.25) is 0 Å². The molecule has 0 amide bonds. The molecule has 0 N–H and O–H groups in total. The fourth-order valence-electron chi connectivity index (χ4n) is 2.72. The van der Waals surface area contributed by atoms with Gasteiger partial charge in [-0.25, -0.2) is 19.2 Å². The minimum atomic E-state index is -0.463. The third-order valence-corrected chi connectivity index (χ3v) is 3.91. The first-order valence-corrected chi connectivity index (χ1v) is 7.75. The third kappa shape index (κ3) is 3.21. The van der Waals surface area contributed by atoms with E-state index in [4.69, 9.17) is 9.47 Å². The summed E-state index contributed by atoms with van der Waals surface area (Å²) < 4.78 is 25.9. The van der Waals surface area contributed by atoms with Gasteiger partial charge >= 0.3 is 5.97 Å². The van der Waals surface area contributed by atoms with E-state index in [2.05, 4.69) is 9.97 Å². The van der Waals surface area contributed by atoms with Gasteiger partial charge in [0.1, 0.15) is 36.4 Å². The second-order valence-electron chi connectivity index (χ2n) is 5.67. The Morgan fingerprint density at radius 2 is 2.24 bits per heavy atom. The Kier molecular flexibility index (Phi) is 3.89. The summed E-state index contributed by atoms with van der Waals surface area (Å²) in [5.74, 6) is 0.444. The lowest BCUT2D eigenvalue weighted by Crippen LogP contribution is -2.23. The molecular formula is C18H14FN3O3. The normalized spacial score (nSPS) is 15.5. The molecule has 3 aromatic rings. The lowest BCUT2D eigenvalue weighted by atomic mass is 10.1. The lowest BCUT2D eigenvalue weighted by Gasteiger charge is -2.11. The van der Waals surface area contributed by atoms with Crippen molar-refractivity contribution in [2.75, 3.05) is 6.61 Å². The maximum absolute atomic E-state index is 13.2. The van der Waals surface area contributed by atoms with E-state index in [9.17, 15) is 9.18 Å². The molecule has 2 aromatic heterocycles. The highest BCUT2D eigenvalue weighted by atomic mass is 19.1. The SMILES string of the molecule is O=C(OCC1Cc2cc(F)ccc2O1)c1ccnc(-n2ccnc2)c1. The number of hydrogen-bond acceptors (Lipinski definition) is 5. The zero-order valence-electron chi connectivity index (χ0n) is 13.1. The van der Waals surface area contributed by atoms with Crippen LogP contribution in [-0.2, 0) is 11.2 Å². The molecule has 1 unspecified atom stereocenters. The fourth-order valence-corrected chi connectivity index (χ4v) is 2.72. The average Bonchev–Trinajstić information content (AvgIpc) is 3.29. The predicted octanol–water partition coefficient (Wildman–Crippen LogP) is 2.57. The number of rotatable bonds is 4. The molecule has 1 atom stereocenters. The largest absolute Gasteiger partial charge is 0.486 e. The van der Waals surface area contributed by atoms with Crippen LogP contribution in [0.25, 0.3) is 5.82 Å². The van der Waals surface area contributed by atoms with Crippen LogP contribution in [0.5, 0.6) is 5.75 Å². The minimum Gasteiger partial charge on any atom is -0.486 e. The monoisotopic (exact) mass is 339 g/mol. The first-order chi connectivity index (χ1) is 12.2. The topological polar surface area (TPSA) is 66.2 Å².